The second kappa shape index (κ2) is 4.34. The van der Waals surface area contributed by atoms with Gasteiger partial charge in [0.25, 0.3) is 0 Å². The maximum Gasteiger partial charge on any atom is 0.189 e. The zero-order valence-corrected chi connectivity index (χ0v) is 7.97. The molecule has 1 aromatic rings. The van der Waals surface area contributed by atoms with Crippen LogP contribution in [0.2, 0.25) is 0 Å². The van der Waals surface area contributed by atoms with E-state index in [-0.39, 0.29) is 6.23 Å². The molecular weight excluding hydrogens is 188 g/mol. The van der Waals surface area contributed by atoms with Crippen LogP contribution in [0.15, 0.2) is 48.1 Å². The maximum atomic E-state index is 8.59. The molecule has 0 amide bonds. The summed E-state index contributed by atoms with van der Waals surface area (Å²) in [5.74, 6) is 0.779. The largest absolute Gasteiger partial charge is 0.467 e. The Morgan fingerprint density at radius 3 is 2.73 bits per heavy atom. The number of nitriles is 1. The van der Waals surface area contributed by atoms with Crippen molar-refractivity contribution in [3.05, 3.63) is 54.3 Å². The van der Waals surface area contributed by atoms with Gasteiger partial charge in [0.05, 0.1) is 11.8 Å². The number of allylic oxidation sites excluding steroid dienone is 2. The summed E-state index contributed by atoms with van der Waals surface area (Å²) in [5, 5.41) is 11.4. The van der Waals surface area contributed by atoms with Crippen molar-refractivity contribution in [1.82, 2.24) is 5.32 Å². The van der Waals surface area contributed by atoms with E-state index in [9.17, 15) is 0 Å². The van der Waals surface area contributed by atoms with Crippen molar-refractivity contribution in [2.24, 2.45) is 0 Å². The normalized spacial score (nSPS) is 18.6. The fourth-order valence-electron chi connectivity index (χ4n) is 1.20. The molecule has 0 unspecified atom stereocenters. The second-order valence-corrected chi connectivity index (χ2v) is 3.01. The molecule has 0 aromatic heterocycles. The summed E-state index contributed by atoms with van der Waals surface area (Å²) in [6.45, 7) is 0. The van der Waals surface area contributed by atoms with E-state index in [4.69, 9.17) is 10.00 Å². The number of hydrogen-bond donors (Lipinski definition) is 1. The van der Waals surface area contributed by atoms with E-state index < -0.39 is 0 Å². The van der Waals surface area contributed by atoms with Gasteiger partial charge in [-0.25, -0.2) is 0 Å². The van der Waals surface area contributed by atoms with E-state index >= 15 is 0 Å². The van der Waals surface area contributed by atoms with Crippen LogP contribution in [0, 0.1) is 17.5 Å². The lowest BCUT2D eigenvalue weighted by Gasteiger charge is -2.17. The van der Waals surface area contributed by atoms with Crippen molar-refractivity contribution in [1.29, 1.82) is 5.26 Å². The van der Waals surface area contributed by atoms with Gasteiger partial charge >= 0.3 is 0 Å². The van der Waals surface area contributed by atoms with Crippen LogP contribution < -0.4 is 10.1 Å². The quantitative estimate of drug-likeness (QED) is 0.785. The number of nitrogens with one attached hydrogen (secondary N) is 1. The average molecular weight is 197 g/mol. The topological polar surface area (TPSA) is 45.0 Å². The average Bonchev–Trinajstić information content (AvgIpc) is 2.31. The highest BCUT2D eigenvalue weighted by Crippen LogP contribution is 2.12. The van der Waals surface area contributed by atoms with Crippen molar-refractivity contribution in [3.8, 4) is 11.8 Å². The number of nitrogens with zero attached hydrogens (tertiary/aromatic N) is 1. The number of hydrogen-bond acceptors (Lipinski definition) is 3. The van der Waals surface area contributed by atoms with Gasteiger partial charge in [-0.15, -0.1) is 0 Å². The summed E-state index contributed by atoms with van der Waals surface area (Å²) in [6, 6.07) is 11.5. The van der Waals surface area contributed by atoms with Crippen LogP contribution in [0.25, 0.3) is 0 Å². The van der Waals surface area contributed by atoms with Gasteiger partial charge in [0.1, 0.15) is 11.8 Å². The van der Waals surface area contributed by atoms with E-state index in [0.717, 1.165) is 5.75 Å². The van der Waals surface area contributed by atoms with E-state index in [1.165, 1.54) is 0 Å². The van der Waals surface area contributed by atoms with Gasteiger partial charge in [-0.1, -0.05) is 18.2 Å². The molecule has 0 spiro atoms. The lowest BCUT2D eigenvalue weighted by molar-refractivity contribution is 0.224. The van der Waals surface area contributed by atoms with Crippen LogP contribution in [0.5, 0.6) is 5.75 Å². The highest BCUT2D eigenvalue weighted by Gasteiger charge is 2.08. The molecule has 3 nitrogen and oxygen atoms in total. The number of rotatable bonds is 2. The minimum atomic E-state index is -0.260. The molecule has 73 valence electrons. The zero-order chi connectivity index (χ0) is 10.5. The fraction of sp³-hybridized carbons (Fsp3) is 0.0833. The van der Waals surface area contributed by atoms with E-state index in [0.29, 0.717) is 5.57 Å². The Balaban J connectivity index is 1.98. The molecule has 1 aromatic carbocycles. The summed E-state index contributed by atoms with van der Waals surface area (Å²) >= 11 is 0. The van der Waals surface area contributed by atoms with Crippen LogP contribution in [0.4, 0.5) is 0 Å². The molecular formula is C12H9N2O. The molecule has 0 aliphatic carbocycles. The Labute approximate surface area is 88.3 Å². The Kier molecular flexibility index (Phi) is 2.70. The lowest BCUT2D eigenvalue weighted by Crippen LogP contribution is -2.30. The van der Waals surface area contributed by atoms with Crippen LogP contribution in [-0.2, 0) is 0 Å². The summed E-state index contributed by atoms with van der Waals surface area (Å²) in [4.78, 5) is 0. The van der Waals surface area contributed by atoms with Gasteiger partial charge in [0.15, 0.2) is 6.23 Å². The molecule has 1 aliphatic heterocycles. The maximum absolute atomic E-state index is 8.59. The Morgan fingerprint density at radius 1 is 1.33 bits per heavy atom. The first kappa shape index (κ1) is 9.35. The first-order valence-electron chi connectivity index (χ1n) is 4.57. The van der Waals surface area contributed by atoms with Crippen LogP contribution in [0.3, 0.4) is 0 Å². The molecule has 2 rings (SSSR count). The van der Waals surface area contributed by atoms with E-state index in [1.54, 1.807) is 12.2 Å². The minimum Gasteiger partial charge on any atom is -0.467 e. The van der Waals surface area contributed by atoms with Crippen LogP contribution >= 0.6 is 0 Å². The van der Waals surface area contributed by atoms with Gasteiger partial charge in [0.2, 0.25) is 0 Å². The predicted molar refractivity (Wildman–Crippen MR) is 55.5 cm³/mol. The molecule has 3 heteroatoms. The highest BCUT2D eigenvalue weighted by molar-refractivity contribution is 5.33. The summed E-state index contributed by atoms with van der Waals surface area (Å²) in [7, 11) is 0. The molecule has 15 heavy (non-hydrogen) atoms. The fourth-order valence-corrected chi connectivity index (χ4v) is 1.20. The number of para-hydroxylation sites is 1. The van der Waals surface area contributed by atoms with Gasteiger partial charge in [0, 0.05) is 0 Å². The Morgan fingerprint density at radius 2 is 2.13 bits per heavy atom. The SMILES string of the molecule is N#CC1=[C]N[C@@H](Oc2ccccc2)C=C1. The van der Waals surface area contributed by atoms with Crippen molar-refractivity contribution < 1.29 is 4.74 Å². The van der Waals surface area contributed by atoms with Gasteiger partial charge < -0.3 is 10.1 Å². The molecule has 1 radical (unpaired) electrons. The third kappa shape index (κ3) is 2.38. The standard InChI is InChI=1S/C12H9N2O/c13-8-10-6-7-12(14-9-10)15-11-4-2-1-3-5-11/h1-7,12,14H/t12-/m0/s1. The van der Waals surface area contributed by atoms with Gasteiger partial charge in [-0.3, -0.25) is 0 Å². The number of benzene rings is 1. The third-order valence-corrected chi connectivity index (χ3v) is 1.91. The molecule has 1 heterocycles. The van der Waals surface area contributed by atoms with Crippen LogP contribution in [0.1, 0.15) is 0 Å². The molecule has 0 saturated carbocycles. The van der Waals surface area contributed by atoms with E-state index in [1.807, 2.05) is 36.4 Å². The van der Waals surface area contributed by atoms with Crippen molar-refractivity contribution >= 4 is 0 Å². The minimum absolute atomic E-state index is 0.260. The molecule has 0 fully saturated rings. The number of dihydropyridines is 1. The first-order valence-corrected chi connectivity index (χ1v) is 4.57. The van der Waals surface area contributed by atoms with Gasteiger partial charge in [-0.05, 0) is 24.3 Å². The second-order valence-electron chi connectivity index (χ2n) is 3.01. The molecule has 0 bridgehead atoms. The smallest absolute Gasteiger partial charge is 0.189 e. The zero-order valence-electron chi connectivity index (χ0n) is 7.97. The van der Waals surface area contributed by atoms with Gasteiger partial charge in [-0.2, -0.15) is 5.26 Å². The van der Waals surface area contributed by atoms with E-state index in [2.05, 4.69) is 11.5 Å². The first-order chi connectivity index (χ1) is 7.38. The van der Waals surface area contributed by atoms with Crippen molar-refractivity contribution in [2.45, 2.75) is 6.23 Å². The third-order valence-electron chi connectivity index (χ3n) is 1.91. The Bertz CT molecular complexity index is 429. The molecule has 1 aliphatic rings. The van der Waals surface area contributed by atoms with Crippen molar-refractivity contribution in [3.63, 3.8) is 0 Å². The number of ether oxygens (including phenoxy) is 1. The highest BCUT2D eigenvalue weighted by atomic mass is 16.5. The van der Waals surface area contributed by atoms with Crippen molar-refractivity contribution in [2.75, 3.05) is 0 Å². The molecule has 1 atom stereocenters. The van der Waals surface area contributed by atoms with Crippen LogP contribution in [-0.4, -0.2) is 6.23 Å². The predicted octanol–water partition coefficient (Wildman–Crippen LogP) is 1.76. The summed E-state index contributed by atoms with van der Waals surface area (Å²) in [5.41, 5.74) is 0.475. The summed E-state index contributed by atoms with van der Waals surface area (Å²) in [6.07, 6.45) is 5.94. The summed E-state index contributed by atoms with van der Waals surface area (Å²) < 4.78 is 5.56. The lowest BCUT2D eigenvalue weighted by atomic mass is 10.2. The molecule has 0 saturated heterocycles. The Hall–Kier alpha value is -2.21. The molecule has 1 N–H and O–H groups in total. The monoisotopic (exact) mass is 197 g/mol.